The van der Waals surface area contributed by atoms with Crippen molar-refractivity contribution in [3.8, 4) is 0 Å². The second kappa shape index (κ2) is 12.9. The standard InChI is InChI=1S/C14H23N3O4S.C9H9N/c1-14(2,3)21-13(20)11(7-6-10(18)8-15)16-12(19)9-17(4)22-5;1-7-6-10-9-5-3-2-4-8(7)9/h8,15H,6-7,9H2,1-5H3;2-6,10H,1H3. The van der Waals surface area contributed by atoms with Gasteiger partial charge in [0.1, 0.15) is 11.3 Å². The van der Waals surface area contributed by atoms with Gasteiger partial charge in [0.15, 0.2) is 5.78 Å². The van der Waals surface area contributed by atoms with E-state index in [1.807, 2.05) is 18.5 Å². The molecule has 0 spiro atoms. The molecule has 2 aromatic rings. The second-order valence-corrected chi connectivity index (χ2v) is 9.04. The third-order valence-corrected chi connectivity index (χ3v) is 4.88. The first-order valence-electron chi connectivity index (χ1n) is 10.1. The quantitative estimate of drug-likeness (QED) is 0.350. The van der Waals surface area contributed by atoms with Crippen LogP contribution in [-0.4, -0.2) is 64.3 Å². The van der Waals surface area contributed by atoms with Crippen molar-refractivity contribution in [1.29, 1.82) is 5.41 Å². The van der Waals surface area contributed by atoms with Crippen molar-refractivity contribution in [1.82, 2.24) is 9.29 Å². The fourth-order valence-electron chi connectivity index (χ4n) is 2.51. The molecule has 0 aliphatic rings. The molecule has 0 unspecified atom stereocenters. The number of nitrogens with one attached hydrogen (secondary N) is 2. The number of likely N-dealkylation sites (N-methyl/N-ethyl adjacent to an activating group) is 1. The minimum Gasteiger partial charge on any atom is -0.455 e. The van der Waals surface area contributed by atoms with Crippen LogP contribution in [0.1, 0.15) is 39.2 Å². The van der Waals surface area contributed by atoms with Gasteiger partial charge in [-0.15, -0.1) is 0 Å². The number of aliphatic imine (C=N–C) groups is 1. The van der Waals surface area contributed by atoms with E-state index in [1.165, 1.54) is 28.4 Å². The van der Waals surface area contributed by atoms with E-state index in [-0.39, 0.29) is 25.1 Å². The topological polar surface area (TPSA) is 116 Å². The van der Waals surface area contributed by atoms with Gasteiger partial charge < -0.3 is 15.1 Å². The number of carbonyl (C=O) groups is 3. The average Bonchev–Trinajstić information content (AvgIpc) is 3.11. The molecule has 0 saturated carbocycles. The summed E-state index contributed by atoms with van der Waals surface area (Å²) in [4.78, 5) is 42.0. The van der Waals surface area contributed by atoms with Gasteiger partial charge in [-0.3, -0.25) is 9.59 Å². The van der Waals surface area contributed by atoms with Gasteiger partial charge in [0.2, 0.25) is 0 Å². The number of fused-ring (bicyclic) bond motifs is 1. The van der Waals surface area contributed by atoms with E-state index >= 15 is 0 Å². The number of benzene rings is 1. The maximum Gasteiger partial charge on any atom is 0.353 e. The number of para-hydroxylation sites is 1. The van der Waals surface area contributed by atoms with Crippen molar-refractivity contribution in [2.24, 2.45) is 4.99 Å². The first-order chi connectivity index (χ1) is 15.0. The molecule has 0 aliphatic carbocycles. The third kappa shape index (κ3) is 10.0. The molecule has 174 valence electrons. The van der Waals surface area contributed by atoms with Crippen molar-refractivity contribution >= 4 is 52.4 Å². The molecule has 0 saturated heterocycles. The minimum atomic E-state index is -0.720. The van der Waals surface area contributed by atoms with Gasteiger partial charge in [-0.05, 0) is 52.6 Å². The minimum absolute atomic E-state index is 0.0299. The van der Waals surface area contributed by atoms with Crippen LogP contribution in [0.15, 0.2) is 35.5 Å². The smallest absolute Gasteiger partial charge is 0.353 e. The van der Waals surface area contributed by atoms with Crippen molar-refractivity contribution in [3.05, 3.63) is 36.0 Å². The SMILES string of the molecule is CSN(C)CC(=O)N=C(CCC(=O)C=N)C(=O)OC(C)(C)C.Cc1c[nH]c2ccccc12. The van der Waals surface area contributed by atoms with Crippen LogP contribution < -0.4 is 0 Å². The Hall–Kier alpha value is -2.78. The number of rotatable bonds is 8. The van der Waals surface area contributed by atoms with E-state index < -0.39 is 23.3 Å². The Morgan fingerprint density at radius 3 is 2.44 bits per heavy atom. The highest BCUT2D eigenvalue weighted by Crippen LogP contribution is 2.15. The predicted molar refractivity (Wildman–Crippen MR) is 130 cm³/mol. The number of hydrogen-bond donors (Lipinski definition) is 2. The zero-order valence-electron chi connectivity index (χ0n) is 19.5. The Bertz CT molecular complexity index is 976. The lowest BCUT2D eigenvalue weighted by atomic mass is 10.1. The van der Waals surface area contributed by atoms with Gasteiger partial charge in [-0.2, -0.15) is 0 Å². The van der Waals surface area contributed by atoms with E-state index in [0.717, 1.165) is 0 Å². The largest absolute Gasteiger partial charge is 0.455 e. The summed E-state index contributed by atoms with van der Waals surface area (Å²) in [6.45, 7) is 7.27. The van der Waals surface area contributed by atoms with E-state index in [4.69, 9.17) is 10.1 Å². The molecule has 1 amide bonds. The first kappa shape index (κ1) is 27.3. The van der Waals surface area contributed by atoms with Gasteiger partial charge in [0, 0.05) is 29.9 Å². The average molecular weight is 461 g/mol. The monoisotopic (exact) mass is 460 g/mol. The molecule has 1 aromatic carbocycles. The number of aryl methyl sites for hydroxylation is 1. The lowest BCUT2D eigenvalue weighted by Gasteiger charge is -2.20. The first-order valence-corrected chi connectivity index (χ1v) is 11.3. The van der Waals surface area contributed by atoms with Crippen LogP contribution in [-0.2, 0) is 19.1 Å². The number of Topliss-reactive ketones (excluding diaryl/α,β-unsaturated/α-hetero) is 1. The number of hydrogen-bond acceptors (Lipinski definition) is 7. The van der Waals surface area contributed by atoms with Crippen LogP contribution in [0.4, 0.5) is 0 Å². The summed E-state index contributed by atoms with van der Waals surface area (Å²) in [7, 11) is 1.73. The number of ketones is 1. The maximum atomic E-state index is 12.1. The summed E-state index contributed by atoms with van der Waals surface area (Å²) in [6, 6.07) is 8.31. The Kier molecular flexibility index (Phi) is 11.0. The van der Waals surface area contributed by atoms with Crippen molar-refractivity contribution in [2.75, 3.05) is 19.8 Å². The van der Waals surface area contributed by atoms with Crippen molar-refractivity contribution in [2.45, 2.75) is 46.1 Å². The van der Waals surface area contributed by atoms with Crippen LogP contribution >= 0.6 is 11.9 Å². The Labute approximate surface area is 193 Å². The van der Waals surface area contributed by atoms with Crippen LogP contribution in [0, 0.1) is 12.3 Å². The lowest BCUT2D eigenvalue weighted by molar-refractivity contribution is -0.146. The fourth-order valence-corrected chi connectivity index (χ4v) is 2.75. The highest BCUT2D eigenvalue weighted by atomic mass is 32.2. The summed E-state index contributed by atoms with van der Waals surface area (Å²) in [5, 5.41) is 8.18. The highest BCUT2D eigenvalue weighted by molar-refractivity contribution is 7.96. The molecule has 2 rings (SSSR count). The van der Waals surface area contributed by atoms with Crippen LogP contribution in [0.5, 0.6) is 0 Å². The number of esters is 1. The Balaban J connectivity index is 0.000000416. The van der Waals surface area contributed by atoms with Crippen LogP contribution in [0.3, 0.4) is 0 Å². The number of H-pyrrole nitrogens is 1. The summed E-state index contributed by atoms with van der Waals surface area (Å²) >= 11 is 1.36. The van der Waals surface area contributed by atoms with E-state index in [1.54, 1.807) is 32.1 Å². The molecule has 0 aliphatic heterocycles. The molecule has 0 fully saturated rings. The molecule has 32 heavy (non-hydrogen) atoms. The van der Waals surface area contributed by atoms with E-state index in [2.05, 4.69) is 35.1 Å². The van der Waals surface area contributed by atoms with Gasteiger partial charge in [-0.25, -0.2) is 14.1 Å². The molecule has 1 heterocycles. The lowest BCUT2D eigenvalue weighted by Crippen LogP contribution is -2.30. The normalized spacial score (nSPS) is 11.7. The number of amides is 1. The fraction of sp³-hybridized carbons (Fsp3) is 0.435. The van der Waals surface area contributed by atoms with E-state index in [9.17, 15) is 14.4 Å². The second-order valence-electron chi connectivity index (χ2n) is 8.05. The summed E-state index contributed by atoms with van der Waals surface area (Å²) < 4.78 is 6.86. The van der Waals surface area contributed by atoms with Crippen molar-refractivity contribution in [3.63, 3.8) is 0 Å². The van der Waals surface area contributed by atoms with Crippen LogP contribution in [0.2, 0.25) is 0 Å². The van der Waals surface area contributed by atoms with Gasteiger partial charge in [0.05, 0.1) is 12.8 Å². The number of carbonyl (C=O) groups excluding carboxylic acids is 3. The summed E-state index contributed by atoms with van der Waals surface area (Å²) in [6.07, 6.45) is 4.43. The molecule has 0 bridgehead atoms. The zero-order valence-corrected chi connectivity index (χ0v) is 20.3. The molecule has 0 radical (unpaired) electrons. The third-order valence-electron chi connectivity index (χ3n) is 4.13. The molecule has 2 N–H and O–H groups in total. The predicted octanol–water partition coefficient (Wildman–Crippen LogP) is 3.98. The number of ether oxygens (including phenoxy) is 1. The molecular weight excluding hydrogens is 428 g/mol. The van der Waals surface area contributed by atoms with Gasteiger partial charge >= 0.3 is 5.97 Å². The molecule has 9 heteroatoms. The molecule has 8 nitrogen and oxygen atoms in total. The van der Waals surface area contributed by atoms with Gasteiger partial charge in [-0.1, -0.05) is 30.1 Å². The summed E-state index contributed by atoms with van der Waals surface area (Å²) in [5.41, 5.74) is 1.72. The molecule has 0 atom stereocenters. The highest BCUT2D eigenvalue weighted by Gasteiger charge is 2.22. The number of aromatic amines is 1. The van der Waals surface area contributed by atoms with E-state index in [0.29, 0.717) is 6.21 Å². The molecular formula is C23H32N4O4S. The van der Waals surface area contributed by atoms with Crippen molar-refractivity contribution < 1.29 is 19.1 Å². The Morgan fingerprint density at radius 1 is 1.22 bits per heavy atom. The molecule has 1 aromatic heterocycles. The number of aromatic nitrogens is 1. The summed E-state index contributed by atoms with van der Waals surface area (Å²) in [5.74, 6) is -1.64. The van der Waals surface area contributed by atoms with Gasteiger partial charge in [0.25, 0.3) is 5.91 Å². The maximum absolute atomic E-state index is 12.1. The Morgan fingerprint density at radius 2 is 1.88 bits per heavy atom. The zero-order chi connectivity index (χ0) is 24.3. The van der Waals surface area contributed by atoms with Crippen LogP contribution in [0.25, 0.3) is 10.9 Å². The number of nitrogens with zero attached hydrogens (tertiary/aromatic N) is 2.